The number of nitrogens with zero attached hydrogens (tertiary/aromatic N) is 1. The number of carbonyl (C=O) groups is 1. The van der Waals surface area contributed by atoms with Gasteiger partial charge >= 0.3 is 0 Å². The number of hydrogen-bond acceptors (Lipinski definition) is 4. The van der Waals surface area contributed by atoms with Gasteiger partial charge in [-0.1, -0.05) is 12.1 Å². The zero-order valence-corrected chi connectivity index (χ0v) is 12.8. The molecule has 6 nitrogen and oxygen atoms in total. The first-order chi connectivity index (χ1) is 11.7. The Hall–Kier alpha value is -3.25. The van der Waals surface area contributed by atoms with E-state index in [0.29, 0.717) is 12.1 Å². The summed E-state index contributed by atoms with van der Waals surface area (Å²) in [6.07, 6.45) is 4.93. The Morgan fingerprint density at radius 1 is 1.08 bits per heavy atom. The Labute approximate surface area is 138 Å². The average molecular weight is 320 g/mol. The highest BCUT2D eigenvalue weighted by Crippen LogP contribution is 2.19. The molecule has 6 heteroatoms. The predicted molar refractivity (Wildman–Crippen MR) is 92.6 cm³/mol. The fourth-order valence-corrected chi connectivity index (χ4v) is 2.27. The van der Waals surface area contributed by atoms with Gasteiger partial charge in [-0.2, -0.15) is 0 Å². The number of benzene rings is 1. The average Bonchev–Trinajstić information content (AvgIpc) is 2.64. The van der Waals surface area contributed by atoms with E-state index in [2.05, 4.69) is 15.3 Å². The summed E-state index contributed by atoms with van der Waals surface area (Å²) in [5, 5.41) is 2.64. The van der Waals surface area contributed by atoms with Gasteiger partial charge in [0.05, 0.1) is 0 Å². The molecule has 0 unspecified atom stereocenters. The maximum absolute atomic E-state index is 12.3. The maximum Gasteiger partial charge on any atom is 0.271 e. The Bertz CT molecular complexity index is 902. The Balaban J connectivity index is 1.86. The molecule has 0 spiro atoms. The second kappa shape index (κ2) is 6.89. The summed E-state index contributed by atoms with van der Waals surface area (Å²) in [4.78, 5) is 30.9. The van der Waals surface area contributed by atoms with Crippen LogP contribution in [-0.2, 0) is 6.54 Å². The highest BCUT2D eigenvalue weighted by molar-refractivity contribution is 6.04. The molecule has 0 aliphatic rings. The minimum Gasteiger partial charge on any atom is -0.327 e. The first-order valence-electron chi connectivity index (χ1n) is 7.41. The molecule has 1 aromatic carbocycles. The molecule has 0 saturated heterocycles. The SMILES string of the molecule is NCc1ccc(C(=O)Nc2cc(-c3ccncc3)c[nH]c2=O)cc1. The maximum atomic E-state index is 12.3. The van der Waals surface area contributed by atoms with Gasteiger partial charge in [0.2, 0.25) is 0 Å². The van der Waals surface area contributed by atoms with Crippen LogP contribution in [0.5, 0.6) is 0 Å². The van der Waals surface area contributed by atoms with Crippen LogP contribution in [0.4, 0.5) is 5.69 Å². The van der Waals surface area contributed by atoms with Gasteiger partial charge in [0.25, 0.3) is 11.5 Å². The van der Waals surface area contributed by atoms with Crippen molar-refractivity contribution in [1.29, 1.82) is 0 Å². The van der Waals surface area contributed by atoms with E-state index < -0.39 is 0 Å². The molecule has 0 saturated carbocycles. The van der Waals surface area contributed by atoms with Crippen molar-refractivity contribution in [3.8, 4) is 11.1 Å². The molecule has 2 heterocycles. The number of carbonyl (C=O) groups excluding carboxylic acids is 1. The summed E-state index contributed by atoms with van der Waals surface area (Å²) < 4.78 is 0. The number of aromatic nitrogens is 2. The van der Waals surface area contributed by atoms with E-state index in [9.17, 15) is 9.59 Å². The lowest BCUT2D eigenvalue weighted by atomic mass is 10.1. The van der Waals surface area contributed by atoms with Gasteiger partial charge in [-0.15, -0.1) is 0 Å². The second-order valence-electron chi connectivity index (χ2n) is 5.22. The number of amides is 1. The van der Waals surface area contributed by atoms with E-state index in [-0.39, 0.29) is 17.2 Å². The van der Waals surface area contributed by atoms with Gasteiger partial charge in [-0.3, -0.25) is 14.6 Å². The molecule has 0 fully saturated rings. The van der Waals surface area contributed by atoms with Crippen molar-refractivity contribution in [2.45, 2.75) is 6.54 Å². The molecule has 0 atom stereocenters. The minimum absolute atomic E-state index is 0.192. The number of rotatable bonds is 4. The third-order valence-electron chi connectivity index (χ3n) is 3.62. The topological polar surface area (TPSA) is 101 Å². The number of nitrogens with two attached hydrogens (primary N) is 1. The highest BCUT2D eigenvalue weighted by Gasteiger charge is 2.10. The van der Waals surface area contributed by atoms with E-state index in [1.807, 2.05) is 12.1 Å². The van der Waals surface area contributed by atoms with Crippen LogP contribution < -0.4 is 16.6 Å². The lowest BCUT2D eigenvalue weighted by Crippen LogP contribution is -2.19. The summed E-state index contributed by atoms with van der Waals surface area (Å²) >= 11 is 0. The molecular formula is C18H16N4O2. The summed E-state index contributed by atoms with van der Waals surface area (Å²) in [6, 6.07) is 12.2. The van der Waals surface area contributed by atoms with Crippen LogP contribution in [0.1, 0.15) is 15.9 Å². The van der Waals surface area contributed by atoms with Crippen LogP contribution in [0.25, 0.3) is 11.1 Å². The van der Waals surface area contributed by atoms with Crippen molar-refractivity contribution >= 4 is 11.6 Å². The van der Waals surface area contributed by atoms with Gasteiger partial charge in [0.1, 0.15) is 5.69 Å². The van der Waals surface area contributed by atoms with Gasteiger partial charge < -0.3 is 16.0 Å². The molecule has 0 aliphatic heterocycles. The van der Waals surface area contributed by atoms with Crippen molar-refractivity contribution in [2.75, 3.05) is 5.32 Å². The predicted octanol–water partition coefficient (Wildman–Crippen LogP) is 2.15. The summed E-state index contributed by atoms with van der Waals surface area (Å²) in [5.74, 6) is -0.351. The number of H-pyrrole nitrogens is 1. The van der Waals surface area contributed by atoms with Gasteiger partial charge in [0, 0.05) is 36.3 Å². The molecule has 3 rings (SSSR count). The van der Waals surface area contributed by atoms with E-state index in [0.717, 1.165) is 16.7 Å². The van der Waals surface area contributed by atoms with E-state index in [1.165, 1.54) is 0 Å². The number of pyridine rings is 2. The van der Waals surface area contributed by atoms with Crippen LogP contribution in [-0.4, -0.2) is 15.9 Å². The fraction of sp³-hybridized carbons (Fsp3) is 0.0556. The summed E-state index contributed by atoms with van der Waals surface area (Å²) in [7, 11) is 0. The second-order valence-corrected chi connectivity index (χ2v) is 5.22. The molecular weight excluding hydrogens is 304 g/mol. The third-order valence-corrected chi connectivity index (χ3v) is 3.62. The zero-order valence-electron chi connectivity index (χ0n) is 12.8. The van der Waals surface area contributed by atoms with Crippen LogP contribution in [0, 0.1) is 0 Å². The first-order valence-corrected chi connectivity index (χ1v) is 7.41. The standard InChI is InChI=1S/C18H16N4O2/c19-10-12-1-3-14(4-2-12)17(23)22-16-9-15(11-21-18(16)24)13-5-7-20-8-6-13/h1-9,11H,10,19H2,(H,21,24)(H,22,23). The smallest absolute Gasteiger partial charge is 0.271 e. The zero-order chi connectivity index (χ0) is 16.9. The van der Waals surface area contributed by atoms with Gasteiger partial charge in [0.15, 0.2) is 0 Å². The van der Waals surface area contributed by atoms with Crippen molar-refractivity contribution in [1.82, 2.24) is 9.97 Å². The minimum atomic E-state index is -0.361. The number of aromatic amines is 1. The van der Waals surface area contributed by atoms with Crippen molar-refractivity contribution < 1.29 is 4.79 Å². The van der Waals surface area contributed by atoms with Crippen molar-refractivity contribution in [2.24, 2.45) is 5.73 Å². The molecule has 0 aliphatic carbocycles. The summed E-state index contributed by atoms with van der Waals surface area (Å²) in [5.41, 5.74) is 8.44. The lowest BCUT2D eigenvalue weighted by Gasteiger charge is -2.07. The van der Waals surface area contributed by atoms with Crippen LogP contribution in [0.15, 0.2) is 65.8 Å². The number of hydrogen-bond donors (Lipinski definition) is 3. The fourth-order valence-electron chi connectivity index (χ4n) is 2.27. The molecule has 0 bridgehead atoms. The summed E-state index contributed by atoms with van der Waals surface area (Å²) in [6.45, 7) is 0.412. The lowest BCUT2D eigenvalue weighted by molar-refractivity contribution is 0.102. The van der Waals surface area contributed by atoms with Crippen LogP contribution in [0.2, 0.25) is 0 Å². The Kier molecular flexibility index (Phi) is 4.49. The molecule has 4 N–H and O–H groups in total. The number of anilines is 1. The van der Waals surface area contributed by atoms with E-state index >= 15 is 0 Å². The molecule has 24 heavy (non-hydrogen) atoms. The van der Waals surface area contributed by atoms with Crippen molar-refractivity contribution in [3.05, 3.63) is 82.5 Å². The van der Waals surface area contributed by atoms with Gasteiger partial charge in [-0.25, -0.2) is 0 Å². The largest absolute Gasteiger partial charge is 0.327 e. The van der Waals surface area contributed by atoms with E-state index in [4.69, 9.17) is 5.73 Å². The molecule has 2 aromatic heterocycles. The van der Waals surface area contributed by atoms with Gasteiger partial charge in [-0.05, 0) is 41.5 Å². The third kappa shape index (κ3) is 3.39. The van der Waals surface area contributed by atoms with Crippen LogP contribution >= 0.6 is 0 Å². The first kappa shape index (κ1) is 15.6. The molecule has 120 valence electrons. The highest BCUT2D eigenvalue weighted by atomic mass is 16.2. The van der Waals surface area contributed by atoms with Crippen LogP contribution in [0.3, 0.4) is 0 Å². The Morgan fingerprint density at radius 3 is 2.46 bits per heavy atom. The normalized spacial score (nSPS) is 10.4. The quantitative estimate of drug-likeness (QED) is 0.685. The molecule has 0 radical (unpaired) electrons. The monoisotopic (exact) mass is 320 g/mol. The Morgan fingerprint density at radius 2 is 1.79 bits per heavy atom. The number of nitrogens with one attached hydrogen (secondary N) is 2. The molecule has 3 aromatic rings. The molecule has 1 amide bonds. The van der Waals surface area contributed by atoms with Crippen molar-refractivity contribution in [3.63, 3.8) is 0 Å². The van der Waals surface area contributed by atoms with E-state index in [1.54, 1.807) is 48.9 Å².